The summed E-state index contributed by atoms with van der Waals surface area (Å²) in [6.07, 6.45) is 1.38. The molecule has 1 heterocycles. The van der Waals surface area contributed by atoms with E-state index in [0.717, 1.165) is 17.0 Å². The number of nitrogens with two attached hydrogens (primary N) is 1. The van der Waals surface area contributed by atoms with Gasteiger partial charge in [0.2, 0.25) is 0 Å². The number of nitrogen functional groups attached to an aromatic ring is 1. The Morgan fingerprint density at radius 3 is 2.38 bits per heavy atom. The first-order valence-corrected chi connectivity index (χ1v) is 6.31. The molecule has 1 aliphatic heterocycles. The second kappa shape index (κ2) is 3.31. The topological polar surface area (TPSA) is 26.0 Å². The monoisotopic (exact) mass is 193 g/mol. The highest BCUT2D eigenvalue weighted by Gasteiger charge is 2.35. The van der Waals surface area contributed by atoms with Crippen molar-refractivity contribution in [1.82, 2.24) is 0 Å². The Balaban J connectivity index is 2.30. The second-order valence-corrected chi connectivity index (χ2v) is 6.96. The van der Waals surface area contributed by atoms with Gasteiger partial charge in [-0.3, -0.25) is 0 Å². The molecule has 0 bridgehead atoms. The van der Waals surface area contributed by atoms with Crippen LogP contribution in [0.4, 0.5) is 5.69 Å². The summed E-state index contributed by atoms with van der Waals surface area (Å²) in [6, 6.07) is 8.34. The molecule has 1 aromatic carbocycles. The van der Waals surface area contributed by atoms with Gasteiger partial charge in [0.25, 0.3) is 0 Å². The summed E-state index contributed by atoms with van der Waals surface area (Å²) in [6.45, 7) is 4.69. The number of hydrogen-bond donors (Lipinski definition) is 1. The smallest absolute Gasteiger partial charge is 0.0392 e. The van der Waals surface area contributed by atoms with Crippen LogP contribution in [0.2, 0.25) is 0 Å². The Bertz CT molecular complexity index is 303. The Morgan fingerprint density at radius 1 is 1.23 bits per heavy atom. The summed E-state index contributed by atoms with van der Waals surface area (Å²) in [4.78, 5) is 0. The molecule has 1 fully saturated rings. The lowest BCUT2D eigenvalue weighted by Crippen LogP contribution is -2.32. The maximum atomic E-state index is 5.97. The van der Waals surface area contributed by atoms with Crippen LogP contribution in [0.15, 0.2) is 24.3 Å². The Morgan fingerprint density at radius 2 is 1.85 bits per heavy atom. The molecule has 70 valence electrons. The molecular weight excluding hydrogens is 177 g/mol. The van der Waals surface area contributed by atoms with Crippen LogP contribution in [-0.2, 0) is 0 Å². The highest BCUT2D eigenvalue weighted by molar-refractivity contribution is 7.68. The highest BCUT2D eigenvalue weighted by atomic mass is 31.1. The molecule has 2 N–H and O–H groups in total. The minimum absolute atomic E-state index is 0.0388. The second-order valence-electron chi connectivity index (χ2n) is 3.90. The van der Waals surface area contributed by atoms with Crippen molar-refractivity contribution in [3.8, 4) is 0 Å². The third kappa shape index (κ3) is 1.46. The summed E-state index contributed by atoms with van der Waals surface area (Å²) < 4.78 is 0. The Labute approximate surface area is 81.1 Å². The molecule has 0 unspecified atom stereocenters. The van der Waals surface area contributed by atoms with Crippen molar-refractivity contribution >= 4 is 18.9 Å². The van der Waals surface area contributed by atoms with Crippen molar-refractivity contribution < 1.29 is 0 Å². The minimum atomic E-state index is 0.0388. The molecule has 0 spiro atoms. The first kappa shape index (κ1) is 9.02. The van der Waals surface area contributed by atoms with Gasteiger partial charge in [-0.25, -0.2) is 0 Å². The maximum absolute atomic E-state index is 5.97. The van der Waals surface area contributed by atoms with Crippen LogP contribution >= 0.6 is 7.92 Å². The highest BCUT2D eigenvalue weighted by Crippen LogP contribution is 2.58. The molecule has 0 aliphatic carbocycles. The standard InChI is InChI=1S/C11H16NP/c1-8-7-9(2)13(8)11-6-4-3-5-10(11)12/h3-6,8-9H,7,12H2,1-2H3/t8-,9-/m0/s1. The van der Waals surface area contributed by atoms with Gasteiger partial charge in [-0.2, -0.15) is 0 Å². The predicted octanol–water partition coefficient (Wildman–Crippen LogP) is 2.56. The van der Waals surface area contributed by atoms with Gasteiger partial charge in [0.15, 0.2) is 0 Å². The van der Waals surface area contributed by atoms with Gasteiger partial charge in [-0.1, -0.05) is 40.0 Å². The van der Waals surface area contributed by atoms with Crippen molar-refractivity contribution in [3.05, 3.63) is 24.3 Å². The Hall–Kier alpha value is -0.550. The van der Waals surface area contributed by atoms with Gasteiger partial charge < -0.3 is 5.73 Å². The average molecular weight is 193 g/mol. The van der Waals surface area contributed by atoms with Crippen molar-refractivity contribution in [2.24, 2.45) is 0 Å². The van der Waals surface area contributed by atoms with Crippen molar-refractivity contribution in [2.45, 2.75) is 31.6 Å². The van der Waals surface area contributed by atoms with Crippen molar-refractivity contribution in [1.29, 1.82) is 0 Å². The summed E-state index contributed by atoms with van der Waals surface area (Å²) in [5.41, 5.74) is 8.70. The van der Waals surface area contributed by atoms with Crippen molar-refractivity contribution in [2.75, 3.05) is 5.73 Å². The average Bonchev–Trinajstić information content (AvgIpc) is 2.09. The molecule has 1 aromatic rings. The molecule has 2 heteroatoms. The van der Waals surface area contributed by atoms with Gasteiger partial charge in [0.1, 0.15) is 0 Å². The van der Waals surface area contributed by atoms with E-state index in [4.69, 9.17) is 5.73 Å². The van der Waals surface area contributed by atoms with E-state index in [0.29, 0.717) is 0 Å². The summed E-state index contributed by atoms with van der Waals surface area (Å²) >= 11 is 0. The zero-order valence-corrected chi connectivity index (χ0v) is 9.09. The molecule has 0 saturated carbocycles. The molecule has 2 atom stereocenters. The van der Waals surface area contributed by atoms with Crippen LogP contribution in [0.5, 0.6) is 0 Å². The van der Waals surface area contributed by atoms with E-state index in [1.165, 1.54) is 11.7 Å². The summed E-state index contributed by atoms with van der Waals surface area (Å²) in [7, 11) is 0.0388. The summed E-state index contributed by atoms with van der Waals surface area (Å²) in [5, 5.41) is 1.42. The molecular formula is C11H16NP. The van der Waals surface area contributed by atoms with Crippen molar-refractivity contribution in [3.63, 3.8) is 0 Å². The van der Waals surface area contributed by atoms with Crippen LogP contribution in [0.25, 0.3) is 0 Å². The van der Waals surface area contributed by atoms with Gasteiger partial charge in [0, 0.05) is 5.69 Å². The van der Waals surface area contributed by atoms with Gasteiger partial charge in [0.05, 0.1) is 0 Å². The quantitative estimate of drug-likeness (QED) is 0.538. The molecule has 2 rings (SSSR count). The minimum Gasteiger partial charge on any atom is -0.398 e. The summed E-state index contributed by atoms with van der Waals surface area (Å²) in [5.74, 6) is 0. The SMILES string of the molecule is C[C@H]1C[C@H](C)P1c1ccccc1N. The molecule has 13 heavy (non-hydrogen) atoms. The van der Waals surface area contributed by atoms with E-state index < -0.39 is 0 Å². The first-order valence-electron chi connectivity index (χ1n) is 4.83. The third-order valence-electron chi connectivity index (χ3n) is 2.85. The lowest BCUT2D eigenvalue weighted by Gasteiger charge is -2.42. The van der Waals surface area contributed by atoms with Crippen LogP contribution in [-0.4, -0.2) is 11.3 Å². The van der Waals surface area contributed by atoms with E-state index in [9.17, 15) is 0 Å². The lowest BCUT2D eigenvalue weighted by molar-refractivity contribution is 0.714. The first-order chi connectivity index (χ1) is 6.20. The predicted molar refractivity (Wildman–Crippen MR) is 60.9 cm³/mol. The molecule has 0 radical (unpaired) electrons. The van der Waals surface area contributed by atoms with Gasteiger partial charge in [-0.15, -0.1) is 0 Å². The van der Waals surface area contributed by atoms with E-state index in [1.54, 1.807) is 0 Å². The lowest BCUT2D eigenvalue weighted by atomic mass is 10.2. The largest absolute Gasteiger partial charge is 0.398 e. The number of anilines is 1. The molecule has 0 aromatic heterocycles. The maximum Gasteiger partial charge on any atom is 0.0392 e. The van der Waals surface area contributed by atoms with E-state index >= 15 is 0 Å². The number of hydrogen-bond acceptors (Lipinski definition) is 1. The van der Waals surface area contributed by atoms with E-state index in [1.807, 2.05) is 12.1 Å². The molecule has 1 saturated heterocycles. The fraction of sp³-hybridized carbons (Fsp3) is 0.455. The zero-order valence-electron chi connectivity index (χ0n) is 8.20. The normalized spacial score (nSPS) is 28.5. The van der Waals surface area contributed by atoms with Crippen LogP contribution < -0.4 is 11.0 Å². The molecule has 0 amide bonds. The van der Waals surface area contributed by atoms with E-state index in [2.05, 4.69) is 26.0 Å². The third-order valence-corrected chi connectivity index (χ3v) is 6.13. The number of para-hydroxylation sites is 1. The fourth-order valence-electron chi connectivity index (χ4n) is 2.21. The molecule has 1 nitrogen and oxygen atoms in total. The van der Waals surface area contributed by atoms with Gasteiger partial charge in [-0.05, 0) is 29.1 Å². The van der Waals surface area contributed by atoms with Crippen LogP contribution in [0.1, 0.15) is 20.3 Å². The molecule has 1 aliphatic rings. The fourth-order valence-corrected chi connectivity index (χ4v) is 5.36. The number of rotatable bonds is 1. The zero-order chi connectivity index (χ0) is 9.42. The van der Waals surface area contributed by atoms with Gasteiger partial charge >= 0.3 is 0 Å². The Kier molecular flexibility index (Phi) is 2.29. The van der Waals surface area contributed by atoms with E-state index in [-0.39, 0.29) is 7.92 Å². The number of benzene rings is 1. The van der Waals surface area contributed by atoms with Crippen LogP contribution in [0.3, 0.4) is 0 Å². The van der Waals surface area contributed by atoms with Crippen LogP contribution in [0, 0.1) is 0 Å².